The second kappa shape index (κ2) is 9.57. The van der Waals surface area contributed by atoms with Crippen molar-refractivity contribution in [2.24, 2.45) is 0 Å². The van der Waals surface area contributed by atoms with Gasteiger partial charge < -0.3 is 4.74 Å². The Balaban J connectivity index is 1.38. The van der Waals surface area contributed by atoms with Crippen LogP contribution in [0.15, 0.2) is 60.7 Å². The summed E-state index contributed by atoms with van der Waals surface area (Å²) in [5, 5.41) is 0. The normalized spacial score (nSPS) is 24.5. The van der Waals surface area contributed by atoms with E-state index >= 15 is 0 Å². The largest absolute Gasteiger partial charge is 0.357 e. The van der Waals surface area contributed by atoms with Crippen molar-refractivity contribution in [3.8, 4) is 11.8 Å². The Morgan fingerprint density at radius 1 is 0.839 bits per heavy atom. The van der Waals surface area contributed by atoms with Crippen LogP contribution in [0, 0.1) is 11.8 Å². The lowest BCUT2D eigenvalue weighted by Gasteiger charge is -2.40. The van der Waals surface area contributed by atoms with E-state index in [9.17, 15) is 0 Å². The van der Waals surface area contributed by atoms with Gasteiger partial charge in [-0.1, -0.05) is 72.5 Å². The molecule has 0 aromatic heterocycles. The van der Waals surface area contributed by atoms with Crippen molar-refractivity contribution in [3.05, 3.63) is 71.8 Å². The van der Waals surface area contributed by atoms with Crippen LogP contribution in [0.5, 0.6) is 0 Å². The molecule has 0 radical (unpaired) electrons. The fraction of sp³-hybridized carbons (Fsp3) is 0.500. The first-order chi connectivity index (χ1) is 14.9. The maximum Gasteiger partial charge on any atom is 0.126 e. The van der Waals surface area contributed by atoms with Crippen LogP contribution in [0.3, 0.4) is 0 Å². The molecule has 0 spiro atoms. The molecule has 3 nitrogen and oxygen atoms in total. The van der Waals surface area contributed by atoms with E-state index in [1.165, 1.54) is 17.5 Å². The Kier molecular flexibility index (Phi) is 6.82. The predicted octanol–water partition coefficient (Wildman–Crippen LogP) is 5.13. The maximum atomic E-state index is 6.30. The average Bonchev–Trinajstić information content (AvgIpc) is 2.76. The Morgan fingerprint density at radius 3 is 1.97 bits per heavy atom. The van der Waals surface area contributed by atoms with Gasteiger partial charge in [0, 0.05) is 26.2 Å². The van der Waals surface area contributed by atoms with E-state index < -0.39 is 0 Å². The van der Waals surface area contributed by atoms with Crippen LogP contribution in [0.4, 0.5) is 0 Å². The van der Waals surface area contributed by atoms with Gasteiger partial charge in [0.15, 0.2) is 0 Å². The van der Waals surface area contributed by atoms with Crippen molar-refractivity contribution in [1.82, 2.24) is 9.80 Å². The summed E-state index contributed by atoms with van der Waals surface area (Å²) in [6.45, 7) is 11.6. The molecule has 2 aliphatic heterocycles. The third-order valence-electron chi connectivity index (χ3n) is 6.59. The standard InChI is InChI=1S/C28H36N2O/c1-27(2)16-10-17-28(3,31-27)18-11-19-29-20-22-30(23-21-29)26(24-12-6-4-7-13-24)25-14-8-5-9-15-25/h4-9,12-15,26H,10,16-17,19-23H2,1-3H3. The second-order valence-electron chi connectivity index (χ2n) is 9.78. The van der Waals surface area contributed by atoms with Crippen molar-refractivity contribution in [1.29, 1.82) is 0 Å². The van der Waals surface area contributed by atoms with Crippen molar-refractivity contribution >= 4 is 0 Å². The molecule has 1 atom stereocenters. The van der Waals surface area contributed by atoms with Gasteiger partial charge in [-0.2, -0.15) is 0 Å². The number of benzene rings is 2. The molecular weight excluding hydrogens is 380 g/mol. The Bertz CT molecular complexity index is 851. The smallest absolute Gasteiger partial charge is 0.126 e. The molecule has 1 unspecified atom stereocenters. The summed E-state index contributed by atoms with van der Waals surface area (Å²) in [4.78, 5) is 5.09. The first-order valence-corrected chi connectivity index (χ1v) is 11.7. The Morgan fingerprint density at radius 2 is 1.42 bits per heavy atom. The molecule has 31 heavy (non-hydrogen) atoms. The summed E-state index contributed by atoms with van der Waals surface area (Å²) < 4.78 is 6.30. The molecule has 0 aliphatic carbocycles. The van der Waals surface area contributed by atoms with E-state index in [0.717, 1.165) is 45.6 Å². The highest BCUT2D eigenvalue weighted by Gasteiger charge is 2.36. The minimum atomic E-state index is -0.296. The van der Waals surface area contributed by atoms with E-state index in [-0.39, 0.29) is 11.2 Å². The van der Waals surface area contributed by atoms with Gasteiger partial charge in [0.2, 0.25) is 0 Å². The molecule has 2 aromatic carbocycles. The highest BCUT2D eigenvalue weighted by molar-refractivity contribution is 5.32. The molecule has 164 valence electrons. The topological polar surface area (TPSA) is 15.7 Å². The highest BCUT2D eigenvalue weighted by Crippen LogP contribution is 2.34. The monoisotopic (exact) mass is 416 g/mol. The lowest BCUT2D eigenvalue weighted by Crippen LogP contribution is -2.48. The van der Waals surface area contributed by atoms with Crippen molar-refractivity contribution < 1.29 is 4.74 Å². The molecule has 2 fully saturated rings. The third kappa shape index (κ3) is 5.77. The number of hydrogen-bond donors (Lipinski definition) is 0. The summed E-state index contributed by atoms with van der Waals surface area (Å²) >= 11 is 0. The highest BCUT2D eigenvalue weighted by atomic mass is 16.5. The molecule has 2 saturated heterocycles. The fourth-order valence-corrected chi connectivity index (χ4v) is 5.05. The van der Waals surface area contributed by atoms with E-state index in [1.54, 1.807) is 0 Å². The van der Waals surface area contributed by atoms with Crippen molar-refractivity contribution in [2.45, 2.75) is 57.3 Å². The van der Waals surface area contributed by atoms with Crippen LogP contribution >= 0.6 is 0 Å². The SMILES string of the molecule is CC1(C)CCCC(C)(C#CCN2CCN(C(c3ccccc3)c3ccccc3)CC2)O1. The van der Waals surface area contributed by atoms with Crippen LogP contribution in [-0.2, 0) is 4.74 Å². The number of nitrogens with zero attached hydrogens (tertiary/aromatic N) is 2. The Hall–Kier alpha value is -2.12. The molecular formula is C28H36N2O. The van der Waals surface area contributed by atoms with Gasteiger partial charge >= 0.3 is 0 Å². The molecule has 0 amide bonds. The zero-order valence-electron chi connectivity index (χ0n) is 19.3. The van der Waals surface area contributed by atoms with E-state index in [2.05, 4.69) is 103 Å². The van der Waals surface area contributed by atoms with Crippen LogP contribution in [0.2, 0.25) is 0 Å². The summed E-state index contributed by atoms with van der Waals surface area (Å²) in [6.07, 6.45) is 3.35. The lowest BCUT2D eigenvalue weighted by atomic mass is 9.88. The fourth-order valence-electron chi connectivity index (χ4n) is 5.05. The molecule has 0 saturated carbocycles. The summed E-state index contributed by atoms with van der Waals surface area (Å²) in [5.74, 6) is 6.90. The molecule has 4 rings (SSSR count). The average molecular weight is 417 g/mol. The van der Waals surface area contributed by atoms with Crippen LogP contribution in [-0.4, -0.2) is 53.7 Å². The minimum Gasteiger partial charge on any atom is -0.357 e. The molecule has 2 aliphatic rings. The molecule has 0 N–H and O–H groups in total. The zero-order chi connectivity index (χ0) is 21.7. The molecule has 3 heteroatoms. The maximum absolute atomic E-state index is 6.30. The van der Waals surface area contributed by atoms with E-state index in [4.69, 9.17) is 4.74 Å². The second-order valence-corrected chi connectivity index (χ2v) is 9.78. The first kappa shape index (κ1) is 22.1. The number of hydrogen-bond acceptors (Lipinski definition) is 3. The van der Waals surface area contributed by atoms with Crippen LogP contribution < -0.4 is 0 Å². The van der Waals surface area contributed by atoms with Gasteiger partial charge in [-0.25, -0.2) is 0 Å². The Labute approximate surface area is 188 Å². The van der Waals surface area contributed by atoms with Gasteiger partial charge in [0.05, 0.1) is 18.2 Å². The number of ether oxygens (including phenoxy) is 1. The van der Waals surface area contributed by atoms with Gasteiger partial charge in [0.1, 0.15) is 5.60 Å². The number of piperazine rings is 1. The lowest BCUT2D eigenvalue weighted by molar-refractivity contribution is -0.135. The summed E-state index contributed by atoms with van der Waals surface area (Å²) in [6, 6.07) is 22.1. The zero-order valence-corrected chi connectivity index (χ0v) is 19.3. The van der Waals surface area contributed by atoms with E-state index in [0.29, 0.717) is 6.04 Å². The van der Waals surface area contributed by atoms with Crippen LogP contribution in [0.1, 0.15) is 57.2 Å². The van der Waals surface area contributed by atoms with Gasteiger partial charge in [0.25, 0.3) is 0 Å². The van der Waals surface area contributed by atoms with Gasteiger partial charge in [-0.3, -0.25) is 9.80 Å². The van der Waals surface area contributed by atoms with Gasteiger partial charge in [-0.05, 0) is 51.2 Å². The first-order valence-electron chi connectivity index (χ1n) is 11.7. The van der Waals surface area contributed by atoms with Crippen LogP contribution in [0.25, 0.3) is 0 Å². The predicted molar refractivity (Wildman–Crippen MR) is 128 cm³/mol. The van der Waals surface area contributed by atoms with Gasteiger partial charge in [-0.15, -0.1) is 0 Å². The van der Waals surface area contributed by atoms with E-state index in [1.807, 2.05) is 0 Å². The van der Waals surface area contributed by atoms with Crippen molar-refractivity contribution in [2.75, 3.05) is 32.7 Å². The quantitative estimate of drug-likeness (QED) is 0.642. The van der Waals surface area contributed by atoms with Crippen molar-refractivity contribution in [3.63, 3.8) is 0 Å². The summed E-state index contributed by atoms with van der Waals surface area (Å²) in [5.41, 5.74) is 2.38. The molecule has 2 heterocycles. The molecule has 2 aromatic rings. The summed E-state index contributed by atoms with van der Waals surface area (Å²) in [7, 11) is 0. The minimum absolute atomic E-state index is 0.0583. The molecule has 0 bridgehead atoms. The number of rotatable bonds is 4. The third-order valence-corrected chi connectivity index (χ3v) is 6.59.